The van der Waals surface area contributed by atoms with E-state index in [0.29, 0.717) is 16.4 Å². The third-order valence-electron chi connectivity index (χ3n) is 2.06. The average Bonchev–Trinajstić information content (AvgIpc) is 2.36. The van der Waals surface area contributed by atoms with Crippen LogP contribution in [0.4, 0.5) is 0 Å². The van der Waals surface area contributed by atoms with Gasteiger partial charge < -0.3 is 15.2 Å². The Kier molecular flexibility index (Phi) is 6.45. The molecule has 108 valence electrons. The lowest BCUT2D eigenvalue weighted by Crippen LogP contribution is -2.36. The Hall–Kier alpha value is -2.15. The highest BCUT2D eigenvalue weighted by molar-refractivity contribution is 7.80. The molecular formula is C13H17N3O3S. The minimum Gasteiger partial charge on any atom is -0.481 e. The topological polar surface area (TPSA) is 83.0 Å². The minimum absolute atomic E-state index is 0.219. The fourth-order valence-corrected chi connectivity index (χ4v) is 1.60. The first-order chi connectivity index (χ1) is 9.49. The lowest BCUT2D eigenvalue weighted by atomic mass is 10.2. The molecule has 0 saturated carbocycles. The van der Waals surface area contributed by atoms with Crippen LogP contribution in [0.25, 0.3) is 0 Å². The van der Waals surface area contributed by atoms with E-state index in [9.17, 15) is 4.79 Å². The van der Waals surface area contributed by atoms with Crippen LogP contribution in [-0.2, 0) is 4.79 Å². The molecule has 0 radical (unpaired) electrons. The lowest BCUT2D eigenvalue weighted by Gasteiger charge is -2.10. The Morgan fingerprint density at radius 2 is 2.20 bits per heavy atom. The maximum absolute atomic E-state index is 10.5. The Labute approximate surface area is 122 Å². The van der Waals surface area contributed by atoms with Gasteiger partial charge in [-0.25, -0.2) is 4.79 Å². The Morgan fingerprint density at radius 3 is 2.85 bits per heavy atom. The molecule has 0 bridgehead atoms. The van der Waals surface area contributed by atoms with Crippen LogP contribution < -0.4 is 15.5 Å². The molecule has 1 aromatic rings. The number of para-hydroxylation sites is 1. The summed E-state index contributed by atoms with van der Waals surface area (Å²) in [6, 6.07) is 7.22. The van der Waals surface area contributed by atoms with Crippen LogP contribution in [-0.4, -0.2) is 35.1 Å². The largest absolute Gasteiger partial charge is 0.481 e. The van der Waals surface area contributed by atoms with Gasteiger partial charge in [0.1, 0.15) is 5.75 Å². The number of ether oxygens (including phenoxy) is 1. The number of hydrazone groups is 1. The molecule has 0 aliphatic rings. The summed E-state index contributed by atoms with van der Waals surface area (Å²) in [4.78, 5) is 10.5. The van der Waals surface area contributed by atoms with Crippen molar-refractivity contribution in [2.45, 2.75) is 19.9 Å². The van der Waals surface area contributed by atoms with Gasteiger partial charge in [0.15, 0.2) is 11.7 Å². The quantitative estimate of drug-likeness (QED) is 0.417. The highest BCUT2D eigenvalue weighted by Gasteiger charge is 2.03. The van der Waals surface area contributed by atoms with E-state index in [4.69, 9.17) is 22.1 Å². The van der Waals surface area contributed by atoms with Gasteiger partial charge in [0.25, 0.3) is 0 Å². The van der Waals surface area contributed by atoms with Crippen LogP contribution in [0, 0.1) is 0 Å². The number of carboxylic acids is 1. The van der Waals surface area contributed by atoms with Crippen molar-refractivity contribution in [3.05, 3.63) is 29.8 Å². The fourth-order valence-electron chi connectivity index (χ4n) is 1.31. The molecule has 0 heterocycles. The number of carboxylic acid groups (broad SMARTS) is 1. The van der Waals surface area contributed by atoms with Crippen molar-refractivity contribution in [2.75, 3.05) is 6.61 Å². The summed E-state index contributed by atoms with van der Waals surface area (Å²) < 4.78 is 5.15. The zero-order chi connectivity index (χ0) is 15.0. The third-order valence-corrected chi connectivity index (χ3v) is 2.27. The van der Waals surface area contributed by atoms with Crippen molar-refractivity contribution in [2.24, 2.45) is 5.10 Å². The minimum atomic E-state index is -1.03. The van der Waals surface area contributed by atoms with E-state index in [0.717, 1.165) is 0 Å². The maximum atomic E-state index is 10.5. The van der Waals surface area contributed by atoms with Crippen molar-refractivity contribution in [3.63, 3.8) is 0 Å². The molecule has 0 aliphatic carbocycles. The first-order valence-corrected chi connectivity index (χ1v) is 6.43. The van der Waals surface area contributed by atoms with Gasteiger partial charge in [-0.3, -0.25) is 5.43 Å². The summed E-state index contributed by atoms with van der Waals surface area (Å²) in [7, 11) is 0. The second-order valence-corrected chi connectivity index (χ2v) is 4.63. The molecule has 1 aromatic carbocycles. The van der Waals surface area contributed by atoms with Gasteiger partial charge in [0.05, 0.1) is 6.21 Å². The molecule has 1 rings (SSSR count). The lowest BCUT2D eigenvalue weighted by molar-refractivity contribution is -0.139. The molecule has 0 saturated heterocycles. The Bertz CT molecular complexity index is 503. The van der Waals surface area contributed by atoms with Crippen molar-refractivity contribution in [1.29, 1.82) is 0 Å². The molecule has 6 nitrogen and oxygen atoms in total. The SMILES string of the molecule is CC(C)NC(=S)N/N=C\c1ccccc1OCC(=O)O. The number of carbonyl (C=O) groups is 1. The zero-order valence-electron chi connectivity index (χ0n) is 11.3. The number of thiocarbonyl (C=S) groups is 1. The molecule has 0 spiro atoms. The summed E-state index contributed by atoms with van der Waals surface area (Å²) in [5.74, 6) is -0.583. The van der Waals surface area contributed by atoms with Crippen LogP contribution >= 0.6 is 12.2 Å². The second-order valence-electron chi connectivity index (χ2n) is 4.22. The number of benzene rings is 1. The van der Waals surface area contributed by atoms with Crippen molar-refractivity contribution in [1.82, 2.24) is 10.7 Å². The monoisotopic (exact) mass is 295 g/mol. The molecule has 0 fully saturated rings. The van der Waals surface area contributed by atoms with E-state index in [2.05, 4.69) is 15.8 Å². The van der Waals surface area contributed by atoms with Crippen molar-refractivity contribution >= 4 is 29.5 Å². The van der Waals surface area contributed by atoms with Gasteiger partial charge in [-0.15, -0.1) is 0 Å². The van der Waals surface area contributed by atoms with E-state index in [1.165, 1.54) is 6.21 Å². The number of hydrogen-bond acceptors (Lipinski definition) is 4. The van der Waals surface area contributed by atoms with Gasteiger partial charge in [-0.2, -0.15) is 5.10 Å². The number of nitrogens with one attached hydrogen (secondary N) is 2. The normalized spacial score (nSPS) is 10.6. The predicted molar refractivity (Wildman–Crippen MR) is 81.2 cm³/mol. The fraction of sp³-hybridized carbons (Fsp3) is 0.308. The molecule has 3 N–H and O–H groups in total. The third kappa shape index (κ3) is 6.14. The number of rotatable bonds is 6. The van der Waals surface area contributed by atoms with E-state index in [1.807, 2.05) is 13.8 Å². The van der Waals surface area contributed by atoms with Crippen LogP contribution in [0.1, 0.15) is 19.4 Å². The van der Waals surface area contributed by atoms with Gasteiger partial charge in [-0.05, 0) is 38.2 Å². The van der Waals surface area contributed by atoms with Crippen LogP contribution in [0.2, 0.25) is 0 Å². The Morgan fingerprint density at radius 1 is 1.50 bits per heavy atom. The summed E-state index contributed by atoms with van der Waals surface area (Å²) >= 11 is 5.02. The molecule has 0 aromatic heterocycles. The summed E-state index contributed by atoms with van der Waals surface area (Å²) in [5.41, 5.74) is 3.33. The van der Waals surface area contributed by atoms with E-state index >= 15 is 0 Å². The van der Waals surface area contributed by atoms with Gasteiger partial charge >= 0.3 is 5.97 Å². The zero-order valence-corrected chi connectivity index (χ0v) is 12.1. The van der Waals surface area contributed by atoms with Crippen LogP contribution in [0.15, 0.2) is 29.4 Å². The highest BCUT2D eigenvalue weighted by Crippen LogP contribution is 2.15. The van der Waals surface area contributed by atoms with Gasteiger partial charge in [0.2, 0.25) is 0 Å². The summed E-state index contributed by atoms with van der Waals surface area (Å²) in [6.45, 7) is 3.53. The van der Waals surface area contributed by atoms with Crippen LogP contribution in [0.3, 0.4) is 0 Å². The maximum Gasteiger partial charge on any atom is 0.341 e. The molecule has 0 amide bonds. The van der Waals surface area contributed by atoms with Gasteiger partial charge in [-0.1, -0.05) is 12.1 Å². The summed E-state index contributed by atoms with van der Waals surface area (Å²) in [5, 5.41) is 16.0. The molecular weight excluding hydrogens is 278 g/mol. The molecule has 0 unspecified atom stereocenters. The molecule has 0 atom stereocenters. The van der Waals surface area contributed by atoms with Crippen molar-refractivity contribution < 1.29 is 14.6 Å². The number of nitrogens with zero attached hydrogens (tertiary/aromatic N) is 1. The smallest absolute Gasteiger partial charge is 0.341 e. The average molecular weight is 295 g/mol. The molecule has 7 heteroatoms. The standard InChI is InChI=1S/C13H17N3O3S/c1-9(2)15-13(20)16-14-7-10-5-3-4-6-11(10)19-8-12(17)18/h3-7,9H,8H2,1-2H3,(H,17,18)(H2,15,16,20)/b14-7-. The molecule has 0 aliphatic heterocycles. The molecule has 20 heavy (non-hydrogen) atoms. The van der Waals surface area contributed by atoms with E-state index in [1.54, 1.807) is 24.3 Å². The second kappa shape index (κ2) is 8.11. The van der Waals surface area contributed by atoms with E-state index in [-0.39, 0.29) is 6.04 Å². The highest BCUT2D eigenvalue weighted by atomic mass is 32.1. The van der Waals surface area contributed by atoms with Crippen molar-refractivity contribution in [3.8, 4) is 5.75 Å². The first kappa shape index (κ1) is 15.9. The van der Waals surface area contributed by atoms with Crippen LogP contribution in [0.5, 0.6) is 5.75 Å². The predicted octanol–water partition coefficient (Wildman–Crippen LogP) is 1.36. The first-order valence-electron chi connectivity index (χ1n) is 6.02. The Balaban J connectivity index is 2.62. The van der Waals surface area contributed by atoms with Gasteiger partial charge in [0, 0.05) is 11.6 Å². The van der Waals surface area contributed by atoms with E-state index < -0.39 is 12.6 Å². The number of aliphatic carboxylic acids is 1. The summed E-state index contributed by atoms with van der Waals surface area (Å²) in [6.07, 6.45) is 1.52. The number of hydrogen-bond donors (Lipinski definition) is 3.